The van der Waals surface area contributed by atoms with Gasteiger partial charge < -0.3 is 10.6 Å². The van der Waals surface area contributed by atoms with Crippen LogP contribution in [-0.4, -0.2) is 12.5 Å². The molecule has 21 heavy (non-hydrogen) atoms. The van der Waals surface area contributed by atoms with E-state index >= 15 is 0 Å². The maximum absolute atomic E-state index is 11.9. The summed E-state index contributed by atoms with van der Waals surface area (Å²) in [7, 11) is 0. The smallest absolute Gasteiger partial charge is 0.243 e. The monoisotopic (exact) mass is 302 g/mol. The molecule has 0 saturated heterocycles. The number of halogens is 1. The number of hydrogen-bond acceptors (Lipinski definition) is 2. The molecule has 0 atom stereocenters. The average molecular weight is 303 g/mol. The number of carbonyl (C=O) groups is 1. The molecule has 1 amide bonds. The lowest BCUT2D eigenvalue weighted by Gasteiger charge is -2.10. The molecule has 110 valence electrons. The van der Waals surface area contributed by atoms with Gasteiger partial charge in [-0.2, -0.15) is 0 Å². The fourth-order valence-corrected chi connectivity index (χ4v) is 2.11. The van der Waals surface area contributed by atoms with Crippen LogP contribution in [0.25, 0.3) is 0 Å². The van der Waals surface area contributed by atoms with E-state index in [-0.39, 0.29) is 12.5 Å². The summed E-state index contributed by atoms with van der Waals surface area (Å²) in [6.45, 7) is 4.51. The van der Waals surface area contributed by atoms with Crippen molar-refractivity contribution in [1.82, 2.24) is 0 Å². The molecule has 0 unspecified atom stereocenters. The Bertz CT molecular complexity index is 608. The zero-order valence-corrected chi connectivity index (χ0v) is 12.9. The number of benzene rings is 2. The van der Waals surface area contributed by atoms with Crippen LogP contribution in [0.3, 0.4) is 0 Å². The predicted molar refractivity (Wildman–Crippen MR) is 89.1 cm³/mol. The van der Waals surface area contributed by atoms with Crippen molar-refractivity contribution in [3.05, 3.63) is 59.1 Å². The second-order valence-corrected chi connectivity index (χ2v) is 5.57. The molecule has 0 aliphatic carbocycles. The second-order valence-electron chi connectivity index (χ2n) is 5.16. The summed E-state index contributed by atoms with van der Waals surface area (Å²) in [6.07, 6.45) is 0. The third-order valence-corrected chi connectivity index (χ3v) is 3.51. The van der Waals surface area contributed by atoms with Gasteiger partial charge >= 0.3 is 0 Å². The highest BCUT2D eigenvalue weighted by molar-refractivity contribution is 6.33. The van der Waals surface area contributed by atoms with Crippen molar-refractivity contribution in [1.29, 1.82) is 0 Å². The molecule has 2 aromatic rings. The van der Waals surface area contributed by atoms with Gasteiger partial charge in [0, 0.05) is 5.69 Å². The lowest BCUT2D eigenvalue weighted by molar-refractivity contribution is -0.114. The minimum atomic E-state index is -0.129. The lowest BCUT2D eigenvalue weighted by atomic mass is 10.0. The van der Waals surface area contributed by atoms with Crippen molar-refractivity contribution < 1.29 is 4.79 Å². The van der Waals surface area contributed by atoms with E-state index in [4.69, 9.17) is 11.6 Å². The Morgan fingerprint density at radius 1 is 1.10 bits per heavy atom. The average Bonchev–Trinajstić information content (AvgIpc) is 2.48. The van der Waals surface area contributed by atoms with Gasteiger partial charge in [0.2, 0.25) is 5.91 Å². The molecule has 0 aliphatic heterocycles. The first-order valence-electron chi connectivity index (χ1n) is 6.94. The largest absolute Gasteiger partial charge is 0.376 e. The van der Waals surface area contributed by atoms with E-state index in [0.29, 0.717) is 16.6 Å². The Labute approximate surface area is 130 Å². The highest BCUT2D eigenvalue weighted by Crippen LogP contribution is 2.20. The molecule has 4 heteroatoms. The molecule has 2 aromatic carbocycles. The van der Waals surface area contributed by atoms with Crippen LogP contribution in [0.15, 0.2) is 48.5 Å². The zero-order chi connectivity index (χ0) is 15.2. The van der Waals surface area contributed by atoms with E-state index in [1.807, 2.05) is 24.3 Å². The van der Waals surface area contributed by atoms with Crippen LogP contribution >= 0.6 is 11.6 Å². The molecule has 2 rings (SSSR count). The lowest BCUT2D eigenvalue weighted by Crippen LogP contribution is -2.21. The van der Waals surface area contributed by atoms with Crippen molar-refractivity contribution in [2.75, 3.05) is 17.2 Å². The van der Waals surface area contributed by atoms with Crippen LogP contribution in [0.2, 0.25) is 5.02 Å². The number of rotatable bonds is 5. The molecule has 0 aromatic heterocycles. The SMILES string of the molecule is CC(C)c1ccc(NCC(=O)Nc2ccccc2Cl)cc1. The molecule has 0 radical (unpaired) electrons. The van der Waals surface area contributed by atoms with Gasteiger partial charge in [-0.25, -0.2) is 0 Å². The predicted octanol–water partition coefficient (Wildman–Crippen LogP) is 4.51. The van der Waals surface area contributed by atoms with E-state index in [9.17, 15) is 4.79 Å². The van der Waals surface area contributed by atoms with E-state index in [0.717, 1.165) is 5.69 Å². The molecule has 2 N–H and O–H groups in total. The van der Waals surface area contributed by atoms with Gasteiger partial charge in [-0.3, -0.25) is 4.79 Å². The van der Waals surface area contributed by atoms with Crippen molar-refractivity contribution >= 4 is 28.9 Å². The van der Waals surface area contributed by atoms with Gasteiger partial charge in [-0.05, 0) is 35.7 Å². The Morgan fingerprint density at radius 2 is 1.76 bits per heavy atom. The first-order valence-corrected chi connectivity index (χ1v) is 7.32. The van der Waals surface area contributed by atoms with E-state index in [1.54, 1.807) is 12.1 Å². The molecule has 0 bridgehead atoms. The molecule has 0 aliphatic rings. The minimum absolute atomic E-state index is 0.129. The molecule has 0 spiro atoms. The maximum atomic E-state index is 11.9. The summed E-state index contributed by atoms with van der Waals surface area (Å²) in [5.74, 6) is 0.374. The van der Waals surface area contributed by atoms with Crippen LogP contribution in [0.5, 0.6) is 0 Å². The summed E-state index contributed by atoms with van der Waals surface area (Å²) >= 11 is 6.00. The summed E-state index contributed by atoms with van der Waals surface area (Å²) < 4.78 is 0. The van der Waals surface area contributed by atoms with Gasteiger partial charge in [0.25, 0.3) is 0 Å². The molecular weight excluding hydrogens is 284 g/mol. The summed E-state index contributed by atoms with van der Waals surface area (Å²) in [5, 5.41) is 6.41. The summed E-state index contributed by atoms with van der Waals surface area (Å²) in [5.41, 5.74) is 2.83. The maximum Gasteiger partial charge on any atom is 0.243 e. The van der Waals surface area contributed by atoms with Crippen molar-refractivity contribution in [2.45, 2.75) is 19.8 Å². The van der Waals surface area contributed by atoms with Crippen LogP contribution in [0.1, 0.15) is 25.3 Å². The Kier molecular flexibility index (Phi) is 5.23. The van der Waals surface area contributed by atoms with Crippen molar-refractivity contribution in [3.8, 4) is 0 Å². The number of amides is 1. The molecule has 0 heterocycles. The molecule has 0 fully saturated rings. The van der Waals surface area contributed by atoms with Gasteiger partial charge in [-0.1, -0.05) is 49.7 Å². The third-order valence-electron chi connectivity index (χ3n) is 3.18. The fraction of sp³-hybridized carbons (Fsp3) is 0.235. The normalized spacial score (nSPS) is 10.5. The standard InChI is InChI=1S/C17H19ClN2O/c1-12(2)13-7-9-14(10-8-13)19-11-17(21)20-16-6-4-3-5-15(16)18/h3-10,12,19H,11H2,1-2H3,(H,20,21). The van der Waals surface area contributed by atoms with E-state index < -0.39 is 0 Å². The first kappa shape index (κ1) is 15.4. The Morgan fingerprint density at radius 3 is 2.38 bits per heavy atom. The molecule has 3 nitrogen and oxygen atoms in total. The van der Waals surface area contributed by atoms with E-state index in [1.165, 1.54) is 5.56 Å². The number of anilines is 2. The van der Waals surface area contributed by atoms with Crippen LogP contribution < -0.4 is 10.6 Å². The van der Waals surface area contributed by atoms with Crippen LogP contribution in [-0.2, 0) is 4.79 Å². The van der Waals surface area contributed by atoms with Crippen LogP contribution in [0.4, 0.5) is 11.4 Å². The topological polar surface area (TPSA) is 41.1 Å². The Hall–Kier alpha value is -2.00. The highest BCUT2D eigenvalue weighted by Gasteiger charge is 2.05. The molecular formula is C17H19ClN2O. The number of nitrogens with one attached hydrogen (secondary N) is 2. The number of hydrogen-bond donors (Lipinski definition) is 2. The summed E-state index contributed by atoms with van der Waals surface area (Å²) in [6, 6.07) is 15.3. The van der Waals surface area contributed by atoms with E-state index in [2.05, 4.69) is 36.6 Å². The minimum Gasteiger partial charge on any atom is -0.376 e. The van der Waals surface area contributed by atoms with Gasteiger partial charge in [0.05, 0.1) is 17.3 Å². The summed E-state index contributed by atoms with van der Waals surface area (Å²) in [4.78, 5) is 11.9. The van der Waals surface area contributed by atoms with Crippen molar-refractivity contribution in [2.24, 2.45) is 0 Å². The zero-order valence-electron chi connectivity index (χ0n) is 12.2. The Balaban J connectivity index is 1.88. The highest BCUT2D eigenvalue weighted by atomic mass is 35.5. The van der Waals surface area contributed by atoms with Crippen molar-refractivity contribution in [3.63, 3.8) is 0 Å². The van der Waals surface area contributed by atoms with Gasteiger partial charge in [0.15, 0.2) is 0 Å². The van der Waals surface area contributed by atoms with Gasteiger partial charge in [0.1, 0.15) is 0 Å². The second kappa shape index (κ2) is 7.14. The van der Waals surface area contributed by atoms with Crippen LogP contribution in [0, 0.1) is 0 Å². The molecule has 0 saturated carbocycles. The quantitative estimate of drug-likeness (QED) is 0.853. The van der Waals surface area contributed by atoms with Gasteiger partial charge in [-0.15, -0.1) is 0 Å². The first-order chi connectivity index (χ1) is 10.1. The number of para-hydroxylation sites is 1. The third kappa shape index (κ3) is 4.50. The number of carbonyl (C=O) groups excluding carboxylic acids is 1. The fourth-order valence-electron chi connectivity index (χ4n) is 1.93.